The Hall–Kier alpha value is -1.90. The van der Waals surface area contributed by atoms with Gasteiger partial charge in [0.15, 0.2) is 0 Å². The van der Waals surface area contributed by atoms with E-state index >= 15 is 0 Å². The molecule has 0 aliphatic heterocycles. The number of nitrogens with one attached hydrogen (secondary N) is 1. The summed E-state index contributed by atoms with van der Waals surface area (Å²) in [4.78, 5) is 8.76. The van der Waals surface area contributed by atoms with Crippen molar-refractivity contribution in [2.24, 2.45) is 0 Å². The van der Waals surface area contributed by atoms with Crippen LogP contribution in [-0.4, -0.2) is 17.0 Å². The summed E-state index contributed by atoms with van der Waals surface area (Å²) in [5.41, 5.74) is 5.91. The van der Waals surface area contributed by atoms with Crippen LogP contribution < -0.4 is 5.32 Å². The number of anilines is 1. The maximum absolute atomic E-state index is 4.48. The van der Waals surface area contributed by atoms with Gasteiger partial charge in [-0.2, -0.15) is 0 Å². The molecular formula is C15H19N3. The SMILES string of the molecule is CCc1c(NC)ncnc1-c1cc(C)ccc1C. The number of hydrogen-bond donors (Lipinski definition) is 1. The van der Waals surface area contributed by atoms with E-state index in [9.17, 15) is 0 Å². The fraction of sp³-hybridized carbons (Fsp3) is 0.333. The van der Waals surface area contributed by atoms with Crippen LogP contribution in [-0.2, 0) is 6.42 Å². The van der Waals surface area contributed by atoms with Crippen LogP contribution in [0.25, 0.3) is 11.3 Å². The van der Waals surface area contributed by atoms with Gasteiger partial charge in [0.2, 0.25) is 0 Å². The van der Waals surface area contributed by atoms with Gasteiger partial charge in [0.1, 0.15) is 12.1 Å². The Morgan fingerprint density at radius 1 is 1.17 bits per heavy atom. The molecule has 0 atom stereocenters. The standard InChI is InChI=1S/C15H19N3/c1-5-12-14(17-9-18-15(12)16-4)13-8-10(2)6-7-11(13)3/h6-9H,5H2,1-4H3,(H,16,17,18). The lowest BCUT2D eigenvalue weighted by atomic mass is 9.98. The summed E-state index contributed by atoms with van der Waals surface area (Å²) in [6, 6.07) is 6.46. The third-order valence-corrected chi connectivity index (χ3v) is 3.18. The van der Waals surface area contributed by atoms with Crippen LogP contribution in [0.5, 0.6) is 0 Å². The molecule has 2 aromatic rings. The highest BCUT2D eigenvalue weighted by molar-refractivity contribution is 5.71. The number of nitrogens with zero attached hydrogens (tertiary/aromatic N) is 2. The smallest absolute Gasteiger partial charge is 0.132 e. The Morgan fingerprint density at radius 2 is 1.94 bits per heavy atom. The van der Waals surface area contributed by atoms with E-state index in [4.69, 9.17) is 0 Å². The molecule has 0 saturated heterocycles. The number of aryl methyl sites for hydroxylation is 2. The van der Waals surface area contributed by atoms with Gasteiger partial charge < -0.3 is 5.32 Å². The Bertz CT molecular complexity index is 562. The van der Waals surface area contributed by atoms with Crippen molar-refractivity contribution in [2.45, 2.75) is 27.2 Å². The monoisotopic (exact) mass is 241 g/mol. The second kappa shape index (κ2) is 5.17. The molecule has 0 unspecified atom stereocenters. The molecule has 0 fully saturated rings. The van der Waals surface area contributed by atoms with Crippen molar-refractivity contribution < 1.29 is 0 Å². The van der Waals surface area contributed by atoms with Crippen molar-refractivity contribution in [1.29, 1.82) is 0 Å². The second-order valence-corrected chi connectivity index (χ2v) is 4.47. The molecule has 1 heterocycles. The number of hydrogen-bond acceptors (Lipinski definition) is 3. The molecule has 1 aromatic carbocycles. The summed E-state index contributed by atoms with van der Waals surface area (Å²) in [7, 11) is 1.90. The van der Waals surface area contributed by atoms with Crippen LogP contribution >= 0.6 is 0 Å². The fourth-order valence-electron chi connectivity index (χ4n) is 2.19. The number of rotatable bonds is 3. The van der Waals surface area contributed by atoms with E-state index in [1.165, 1.54) is 22.3 Å². The molecule has 2 rings (SSSR count). The molecule has 0 aliphatic rings. The summed E-state index contributed by atoms with van der Waals surface area (Å²) >= 11 is 0. The quantitative estimate of drug-likeness (QED) is 0.895. The predicted octanol–water partition coefficient (Wildman–Crippen LogP) is 3.36. The second-order valence-electron chi connectivity index (χ2n) is 4.47. The van der Waals surface area contributed by atoms with E-state index in [1.807, 2.05) is 7.05 Å². The van der Waals surface area contributed by atoms with E-state index in [1.54, 1.807) is 6.33 Å². The lowest BCUT2D eigenvalue weighted by molar-refractivity contribution is 1.05. The first-order valence-corrected chi connectivity index (χ1v) is 6.26. The molecule has 1 N–H and O–H groups in total. The Labute approximate surface area is 108 Å². The maximum Gasteiger partial charge on any atom is 0.132 e. The molecule has 0 amide bonds. The minimum atomic E-state index is 0.916. The zero-order chi connectivity index (χ0) is 13.1. The molecule has 0 saturated carbocycles. The van der Waals surface area contributed by atoms with E-state index in [-0.39, 0.29) is 0 Å². The molecule has 3 nitrogen and oxygen atoms in total. The average Bonchev–Trinajstić information content (AvgIpc) is 2.40. The fourth-order valence-corrected chi connectivity index (χ4v) is 2.19. The zero-order valence-corrected chi connectivity index (χ0v) is 11.4. The molecule has 1 aromatic heterocycles. The van der Waals surface area contributed by atoms with Gasteiger partial charge in [-0.3, -0.25) is 0 Å². The van der Waals surface area contributed by atoms with Crippen molar-refractivity contribution in [3.05, 3.63) is 41.2 Å². The third-order valence-electron chi connectivity index (χ3n) is 3.18. The molecule has 0 spiro atoms. The summed E-state index contributed by atoms with van der Waals surface area (Å²) in [5.74, 6) is 0.920. The molecular weight excluding hydrogens is 222 g/mol. The van der Waals surface area contributed by atoms with Gasteiger partial charge >= 0.3 is 0 Å². The Balaban J connectivity index is 2.66. The van der Waals surface area contributed by atoms with E-state index in [0.29, 0.717) is 0 Å². The first kappa shape index (κ1) is 12.6. The lowest BCUT2D eigenvalue weighted by Gasteiger charge is -2.13. The third kappa shape index (κ3) is 2.21. The van der Waals surface area contributed by atoms with Crippen molar-refractivity contribution >= 4 is 5.82 Å². The maximum atomic E-state index is 4.48. The highest BCUT2D eigenvalue weighted by atomic mass is 15.0. The topological polar surface area (TPSA) is 37.8 Å². The van der Waals surface area contributed by atoms with Gasteiger partial charge in [-0.25, -0.2) is 9.97 Å². The zero-order valence-electron chi connectivity index (χ0n) is 11.4. The predicted molar refractivity (Wildman–Crippen MR) is 75.9 cm³/mol. The van der Waals surface area contributed by atoms with Crippen molar-refractivity contribution in [1.82, 2.24) is 9.97 Å². The van der Waals surface area contributed by atoms with Crippen LogP contribution in [0.2, 0.25) is 0 Å². The van der Waals surface area contributed by atoms with Gasteiger partial charge in [0.05, 0.1) is 5.69 Å². The van der Waals surface area contributed by atoms with Crippen LogP contribution in [0.15, 0.2) is 24.5 Å². The molecule has 0 bridgehead atoms. The van der Waals surface area contributed by atoms with E-state index < -0.39 is 0 Å². The Morgan fingerprint density at radius 3 is 2.61 bits per heavy atom. The van der Waals surface area contributed by atoms with Crippen molar-refractivity contribution in [2.75, 3.05) is 12.4 Å². The summed E-state index contributed by atoms with van der Waals surface area (Å²) < 4.78 is 0. The van der Waals surface area contributed by atoms with Crippen LogP contribution in [0.3, 0.4) is 0 Å². The van der Waals surface area contributed by atoms with Gasteiger partial charge in [0.25, 0.3) is 0 Å². The first-order valence-electron chi connectivity index (χ1n) is 6.26. The van der Waals surface area contributed by atoms with E-state index in [2.05, 4.69) is 54.3 Å². The van der Waals surface area contributed by atoms with Crippen LogP contribution in [0.4, 0.5) is 5.82 Å². The first-order chi connectivity index (χ1) is 8.67. The number of benzene rings is 1. The Kier molecular flexibility index (Phi) is 3.60. The molecule has 3 heteroatoms. The molecule has 18 heavy (non-hydrogen) atoms. The molecule has 0 aliphatic carbocycles. The normalized spacial score (nSPS) is 10.4. The summed E-state index contributed by atoms with van der Waals surface area (Å²) in [5, 5.41) is 3.14. The highest BCUT2D eigenvalue weighted by Crippen LogP contribution is 2.29. The van der Waals surface area contributed by atoms with Crippen LogP contribution in [0.1, 0.15) is 23.6 Å². The van der Waals surface area contributed by atoms with E-state index in [0.717, 1.165) is 17.9 Å². The average molecular weight is 241 g/mol. The van der Waals surface area contributed by atoms with Gasteiger partial charge in [-0.15, -0.1) is 0 Å². The van der Waals surface area contributed by atoms with Gasteiger partial charge in [-0.1, -0.05) is 24.6 Å². The van der Waals surface area contributed by atoms with Gasteiger partial charge in [0, 0.05) is 18.2 Å². The highest BCUT2D eigenvalue weighted by Gasteiger charge is 2.12. The summed E-state index contributed by atoms with van der Waals surface area (Å²) in [6.45, 7) is 6.36. The summed E-state index contributed by atoms with van der Waals surface area (Å²) in [6.07, 6.45) is 2.54. The molecule has 0 radical (unpaired) electrons. The largest absolute Gasteiger partial charge is 0.373 e. The van der Waals surface area contributed by atoms with Crippen molar-refractivity contribution in [3.63, 3.8) is 0 Å². The lowest BCUT2D eigenvalue weighted by Crippen LogP contribution is -2.03. The number of aromatic nitrogens is 2. The van der Waals surface area contributed by atoms with Gasteiger partial charge in [-0.05, 0) is 31.9 Å². The minimum Gasteiger partial charge on any atom is -0.373 e. The van der Waals surface area contributed by atoms with Crippen LogP contribution in [0, 0.1) is 13.8 Å². The molecule has 94 valence electrons. The minimum absolute atomic E-state index is 0.916. The van der Waals surface area contributed by atoms with Crippen molar-refractivity contribution in [3.8, 4) is 11.3 Å².